The summed E-state index contributed by atoms with van der Waals surface area (Å²) in [4.78, 5) is 6.91. The van der Waals surface area contributed by atoms with Gasteiger partial charge in [-0.2, -0.15) is 0 Å². The third kappa shape index (κ3) is 2.45. The van der Waals surface area contributed by atoms with Crippen LogP contribution in [0.3, 0.4) is 0 Å². The van der Waals surface area contributed by atoms with Crippen LogP contribution < -0.4 is 0 Å². The van der Waals surface area contributed by atoms with E-state index >= 15 is 0 Å². The van der Waals surface area contributed by atoms with E-state index in [4.69, 9.17) is 0 Å². The Kier molecular flexibility index (Phi) is 3.10. The molecule has 0 bridgehead atoms. The maximum absolute atomic E-state index is 9.23. The highest BCUT2D eigenvalue weighted by molar-refractivity contribution is 5.83. The fourth-order valence-electron chi connectivity index (χ4n) is 1.67. The zero-order chi connectivity index (χ0) is 12.3. The molecule has 0 aliphatic rings. The summed E-state index contributed by atoms with van der Waals surface area (Å²) in [6.45, 7) is 5.53. The maximum Gasteiger partial charge on any atom is 0.136 e. The highest BCUT2D eigenvalue weighted by Gasteiger charge is 2.01. The number of hydrogen-bond donors (Lipinski definition) is 2. The number of aromatic nitrogens is 1. The Bertz CT molecular complexity index is 550. The van der Waals surface area contributed by atoms with Crippen molar-refractivity contribution in [1.29, 1.82) is 0 Å². The number of aromatic amines is 1. The summed E-state index contributed by atoms with van der Waals surface area (Å²) in [6, 6.07) is 9.07. The van der Waals surface area contributed by atoms with Gasteiger partial charge in [-0.3, -0.25) is 0 Å². The van der Waals surface area contributed by atoms with Crippen LogP contribution in [0.15, 0.2) is 41.5 Å². The van der Waals surface area contributed by atoms with E-state index in [1.165, 1.54) is 0 Å². The SMILES string of the molecule is C=Nc1[nH]ccc1/C=C(\C)c1ccc(O)cc1. The molecular formula is C14H14N2O. The zero-order valence-corrected chi connectivity index (χ0v) is 9.64. The van der Waals surface area contributed by atoms with Gasteiger partial charge < -0.3 is 10.1 Å². The molecule has 0 unspecified atom stereocenters. The molecule has 0 aliphatic heterocycles. The first-order valence-corrected chi connectivity index (χ1v) is 5.32. The van der Waals surface area contributed by atoms with Crippen molar-refractivity contribution in [3.63, 3.8) is 0 Å². The van der Waals surface area contributed by atoms with Crippen molar-refractivity contribution in [1.82, 2.24) is 4.98 Å². The van der Waals surface area contributed by atoms with E-state index in [-0.39, 0.29) is 5.75 Å². The fourth-order valence-corrected chi connectivity index (χ4v) is 1.67. The summed E-state index contributed by atoms with van der Waals surface area (Å²) in [6.07, 6.45) is 3.87. The predicted octanol–water partition coefficient (Wildman–Crippen LogP) is 3.61. The number of allylic oxidation sites excluding steroid dienone is 1. The summed E-state index contributed by atoms with van der Waals surface area (Å²) < 4.78 is 0. The second kappa shape index (κ2) is 4.70. The normalized spacial score (nSPS) is 11.5. The van der Waals surface area contributed by atoms with Crippen LogP contribution in [-0.4, -0.2) is 16.8 Å². The number of aliphatic imine (C=N–C) groups is 1. The number of benzene rings is 1. The van der Waals surface area contributed by atoms with Gasteiger partial charge in [0, 0.05) is 11.8 Å². The minimum Gasteiger partial charge on any atom is -0.508 e. The highest BCUT2D eigenvalue weighted by atomic mass is 16.3. The second-order valence-corrected chi connectivity index (χ2v) is 3.81. The fraction of sp³-hybridized carbons (Fsp3) is 0.0714. The van der Waals surface area contributed by atoms with E-state index in [0.717, 1.165) is 22.5 Å². The quantitative estimate of drug-likeness (QED) is 0.771. The largest absolute Gasteiger partial charge is 0.508 e. The summed E-state index contributed by atoms with van der Waals surface area (Å²) >= 11 is 0. The number of aromatic hydroxyl groups is 1. The molecule has 17 heavy (non-hydrogen) atoms. The Morgan fingerprint density at radius 3 is 2.65 bits per heavy atom. The van der Waals surface area contributed by atoms with E-state index in [1.807, 2.05) is 37.4 Å². The second-order valence-electron chi connectivity index (χ2n) is 3.81. The Hall–Kier alpha value is -2.29. The lowest BCUT2D eigenvalue weighted by Crippen LogP contribution is -1.78. The molecule has 1 heterocycles. The summed E-state index contributed by atoms with van der Waals surface area (Å²) in [7, 11) is 0. The average molecular weight is 226 g/mol. The monoisotopic (exact) mass is 226 g/mol. The van der Waals surface area contributed by atoms with Crippen LogP contribution in [0.25, 0.3) is 11.6 Å². The molecule has 2 N–H and O–H groups in total. The average Bonchev–Trinajstić information content (AvgIpc) is 2.77. The molecular weight excluding hydrogens is 212 g/mol. The number of nitrogens with zero attached hydrogens (tertiary/aromatic N) is 1. The molecule has 1 aromatic carbocycles. The maximum atomic E-state index is 9.23. The van der Waals surface area contributed by atoms with Gasteiger partial charge in [-0.1, -0.05) is 12.1 Å². The molecule has 0 spiro atoms. The lowest BCUT2D eigenvalue weighted by Gasteiger charge is -2.02. The molecule has 2 rings (SSSR count). The van der Waals surface area contributed by atoms with Gasteiger partial charge in [-0.25, -0.2) is 4.99 Å². The topological polar surface area (TPSA) is 48.4 Å². The van der Waals surface area contributed by atoms with E-state index in [0.29, 0.717) is 0 Å². The van der Waals surface area contributed by atoms with Gasteiger partial charge in [0.2, 0.25) is 0 Å². The molecule has 2 aromatic rings. The van der Waals surface area contributed by atoms with Crippen molar-refractivity contribution < 1.29 is 5.11 Å². The van der Waals surface area contributed by atoms with Crippen LogP contribution in [0.4, 0.5) is 5.82 Å². The van der Waals surface area contributed by atoms with Crippen molar-refractivity contribution >= 4 is 24.2 Å². The molecule has 3 heteroatoms. The van der Waals surface area contributed by atoms with E-state index in [1.54, 1.807) is 12.1 Å². The first-order valence-electron chi connectivity index (χ1n) is 5.32. The molecule has 0 saturated carbocycles. The van der Waals surface area contributed by atoms with Crippen LogP contribution in [0.1, 0.15) is 18.1 Å². The Balaban J connectivity index is 2.34. The number of hydrogen-bond acceptors (Lipinski definition) is 2. The standard InChI is InChI=1S/C14H14N2O/c1-10(11-3-5-13(17)6-4-11)9-12-7-8-16-14(12)15-2/h3-9,16-17H,2H2,1H3/b10-9+. The number of rotatable bonds is 3. The third-order valence-electron chi connectivity index (χ3n) is 2.61. The number of phenols is 1. The van der Waals surface area contributed by atoms with Gasteiger partial charge in [0.25, 0.3) is 0 Å². The Labute approximate surface area is 100 Å². The summed E-state index contributed by atoms with van der Waals surface area (Å²) in [5.41, 5.74) is 3.18. The number of nitrogens with one attached hydrogen (secondary N) is 1. The summed E-state index contributed by atoms with van der Waals surface area (Å²) in [5, 5.41) is 9.23. The van der Waals surface area contributed by atoms with Crippen LogP contribution in [0.5, 0.6) is 5.75 Å². The lowest BCUT2D eigenvalue weighted by atomic mass is 10.1. The van der Waals surface area contributed by atoms with Crippen molar-refractivity contribution in [2.24, 2.45) is 4.99 Å². The van der Waals surface area contributed by atoms with Crippen LogP contribution in [0, 0.1) is 0 Å². The molecule has 0 amide bonds. The smallest absolute Gasteiger partial charge is 0.136 e. The molecule has 0 atom stereocenters. The van der Waals surface area contributed by atoms with E-state index in [2.05, 4.69) is 16.7 Å². The van der Waals surface area contributed by atoms with Crippen molar-refractivity contribution in [3.8, 4) is 5.75 Å². The Morgan fingerprint density at radius 1 is 1.29 bits per heavy atom. The van der Waals surface area contributed by atoms with Crippen molar-refractivity contribution in [2.45, 2.75) is 6.92 Å². The molecule has 0 fully saturated rings. The van der Waals surface area contributed by atoms with Crippen LogP contribution in [-0.2, 0) is 0 Å². The molecule has 86 valence electrons. The minimum absolute atomic E-state index is 0.275. The van der Waals surface area contributed by atoms with Crippen LogP contribution >= 0.6 is 0 Å². The molecule has 1 aromatic heterocycles. The molecule has 3 nitrogen and oxygen atoms in total. The van der Waals surface area contributed by atoms with Gasteiger partial charge in [-0.15, -0.1) is 0 Å². The van der Waals surface area contributed by atoms with E-state index < -0.39 is 0 Å². The van der Waals surface area contributed by atoms with Gasteiger partial charge in [-0.05, 0) is 49.1 Å². The van der Waals surface area contributed by atoms with Crippen molar-refractivity contribution in [2.75, 3.05) is 0 Å². The molecule has 0 radical (unpaired) electrons. The minimum atomic E-state index is 0.275. The zero-order valence-electron chi connectivity index (χ0n) is 9.64. The third-order valence-corrected chi connectivity index (χ3v) is 2.61. The first kappa shape index (κ1) is 11.2. The Morgan fingerprint density at radius 2 is 2.00 bits per heavy atom. The number of H-pyrrole nitrogens is 1. The summed E-state index contributed by atoms with van der Waals surface area (Å²) in [5.74, 6) is 1.04. The van der Waals surface area contributed by atoms with Gasteiger partial charge in [0.05, 0.1) is 0 Å². The van der Waals surface area contributed by atoms with Gasteiger partial charge in [0.15, 0.2) is 0 Å². The lowest BCUT2D eigenvalue weighted by molar-refractivity contribution is 0.475. The predicted molar refractivity (Wildman–Crippen MR) is 71.7 cm³/mol. The van der Waals surface area contributed by atoms with Gasteiger partial charge >= 0.3 is 0 Å². The van der Waals surface area contributed by atoms with Crippen LogP contribution in [0.2, 0.25) is 0 Å². The first-order chi connectivity index (χ1) is 8.20. The van der Waals surface area contributed by atoms with Crippen molar-refractivity contribution in [3.05, 3.63) is 47.7 Å². The highest BCUT2D eigenvalue weighted by Crippen LogP contribution is 2.24. The molecule has 0 saturated heterocycles. The van der Waals surface area contributed by atoms with Gasteiger partial charge in [0.1, 0.15) is 11.6 Å². The van der Waals surface area contributed by atoms with E-state index in [9.17, 15) is 5.11 Å². The number of phenolic OH excluding ortho intramolecular Hbond substituents is 1. The molecule has 0 aliphatic carbocycles.